The highest BCUT2D eigenvalue weighted by Crippen LogP contribution is 2.57. The number of rotatable bonds is 8. The summed E-state index contributed by atoms with van der Waals surface area (Å²) in [4.78, 5) is 1.04. The molecular weight excluding hydrogens is 1100 g/mol. The fourth-order valence-electron chi connectivity index (χ4n) is 9.66. The molecule has 2 nitrogen and oxygen atoms in total. The van der Waals surface area contributed by atoms with Crippen LogP contribution in [-0.4, -0.2) is 0 Å². The van der Waals surface area contributed by atoms with Crippen molar-refractivity contribution in [1.82, 2.24) is 0 Å². The van der Waals surface area contributed by atoms with Crippen LogP contribution in [0.5, 0.6) is 0 Å². The minimum Gasteiger partial charge on any atom is -0.310 e. The van der Waals surface area contributed by atoms with Crippen LogP contribution >= 0.6 is 0 Å². The molecule has 0 atom stereocenters. The summed E-state index contributed by atoms with van der Waals surface area (Å²) in [6, 6.07) is 25.6. The van der Waals surface area contributed by atoms with Crippen molar-refractivity contribution in [2.24, 2.45) is 0 Å². The molecule has 0 spiro atoms. The van der Waals surface area contributed by atoms with Crippen molar-refractivity contribution >= 4 is 34.1 Å². The Bertz CT molecular complexity index is 3360. The quantitative estimate of drug-likeness (QED) is 0.140. The molecule has 410 valence electrons. The molecule has 23 heteroatoms. The first kappa shape index (κ1) is 55.6. The average Bonchev–Trinajstić information content (AvgIpc) is 3.74. The highest BCUT2D eigenvalue weighted by atomic mass is 19.4. The molecule has 0 aromatic heterocycles. The van der Waals surface area contributed by atoms with Crippen LogP contribution in [0.1, 0.15) is 61.2 Å². The Morgan fingerprint density at radius 1 is 0.228 bits per heavy atom. The summed E-state index contributed by atoms with van der Waals surface area (Å²) in [5, 5.41) is 0. The van der Waals surface area contributed by atoms with E-state index in [1.807, 2.05) is 0 Å². The minimum absolute atomic E-state index is 0.0924. The van der Waals surface area contributed by atoms with E-state index in [1.165, 1.54) is 36.4 Å². The zero-order chi connectivity index (χ0) is 57.6. The van der Waals surface area contributed by atoms with Gasteiger partial charge in [-0.05, 0) is 130 Å². The number of nitrogens with zero attached hydrogens (tertiary/aromatic N) is 2. The van der Waals surface area contributed by atoms with E-state index in [1.54, 1.807) is 48.5 Å². The van der Waals surface area contributed by atoms with Crippen LogP contribution in [0.3, 0.4) is 0 Å². The molecule has 8 aromatic carbocycles. The van der Waals surface area contributed by atoms with Gasteiger partial charge in [-0.1, -0.05) is 78.9 Å². The van der Waals surface area contributed by atoms with Crippen molar-refractivity contribution in [2.75, 3.05) is 9.80 Å². The maximum absolute atomic E-state index is 14.3. The van der Waals surface area contributed by atoms with E-state index in [0.717, 1.165) is 24.3 Å². The molecule has 0 saturated carbocycles. The van der Waals surface area contributed by atoms with E-state index in [-0.39, 0.29) is 59.3 Å². The van der Waals surface area contributed by atoms with E-state index in [9.17, 15) is 92.2 Å². The topological polar surface area (TPSA) is 6.48 Å². The highest BCUT2D eigenvalue weighted by Gasteiger charge is 2.47. The number of halogens is 21. The summed E-state index contributed by atoms with van der Waals surface area (Å²) in [5.74, 6) is 0. The second-order valence-corrected chi connectivity index (χ2v) is 17.9. The molecule has 1 aliphatic carbocycles. The van der Waals surface area contributed by atoms with Gasteiger partial charge in [0, 0.05) is 34.1 Å². The molecule has 0 fully saturated rings. The molecule has 0 radical (unpaired) electrons. The Kier molecular flexibility index (Phi) is 13.4. The molecule has 0 N–H and O–H groups in total. The summed E-state index contributed by atoms with van der Waals surface area (Å²) >= 11 is 0. The van der Waals surface area contributed by atoms with Crippen LogP contribution in [0.2, 0.25) is 0 Å². The standard InChI is InChI=1S/C56H29F21N2/c57-50(58,59)32-6-5-7-41(23-32)78(42-24-33(51(60,61)62)20-34(25-42)52(63,64)65)39-16-12-30(13-17-39)49(47-10-3-1-8-45(47)46-9-2-4-11-48(46)49)31-14-18-40(19-15-31)79(43-26-35(53(66,67)68)21-36(27-43)54(69,70)71)44-28-37(55(72,73)74)22-38(29-44)56(75,76)77/h1-29H. The van der Waals surface area contributed by atoms with Crippen molar-refractivity contribution in [1.29, 1.82) is 0 Å². The summed E-state index contributed by atoms with van der Waals surface area (Å²) in [5.41, 5.74) is -16.9. The Morgan fingerprint density at radius 2 is 0.494 bits per heavy atom. The van der Waals surface area contributed by atoms with Crippen molar-refractivity contribution in [2.45, 2.75) is 48.6 Å². The number of fused-ring (bicyclic) bond motifs is 3. The molecular formula is C56H29F21N2. The summed E-state index contributed by atoms with van der Waals surface area (Å²) in [6.07, 6.45) is -38.1. The van der Waals surface area contributed by atoms with Crippen molar-refractivity contribution in [3.8, 4) is 11.1 Å². The van der Waals surface area contributed by atoms with E-state index < -0.39 is 116 Å². The third-order valence-corrected chi connectivity index (χ3v) is 13.0. The fourth-order valence-corrected chi connectivity index (χ4v) is 9.66. The summed E-state index contributed by atoms with van der Waals surface area (Å²) < 4.78 is 300. The van der Waals surface area contributed by atoms with Gasteiger partial charge in [0.25, 0.3) is 0 Å². The molecule has 0 unspecified atom stereocenters. The van der Waals surface area contributed by atoms with Gasteiger partial charge < -0.3 is 9.80 Å². The third-order valence-electron chi connectivity index (χ3n) is 13.0. The van der Waals surface area contributed by atoms with Crippen molar-refractivity contribution in [3.63, 3.8) is 0 Å². The fraction of sp³-hybridized carbons (Fsp3) is 0.143. The van der Waals surface area contributed by atoms with Crippen molar-refractivity contribution < 1.29 is 92.2 Å². The Labute approximate surface area is 432 Å². The molecule has 0 amide bonds. The maximum atomic E-state index is 14.3. The van der Waals surface area contributed by atoms with Crippen LogP contribution in [0.15, 0.2) is 176 Å². The summed E-state index contributed by atoms with van der Waals surface area (Å²) in [6.45, 7) is 0. The lowest BCUT2D eigenvalue weighted by Crippen LogP contribution is -2.28. The predicted octanol–water partition coefficient (Wildman–Crippen LogP) is 20.1. The van der Waals surface area contributed by atoms with Gasteiger partial charge in [-0.15, -0.1) is 0 Å². The van der Waals surface area contributed by atoms with E-state index in [0.29, 0.717) is 56.3 Å². The lowest BCUT2D eigenvalue weighted by Gasteiger charge is -2.35. The van der Waals surface area contributed by atoms with Gasteiger partial charge >= 0.3 is 43.2 Å². The van der Waals surface area contributed by atoms with E-state index in [2.05, 4.69) is 0 Å². The minimum atomic E-state index is -5.55. The number of benzene rings is 8. The second kappa shape index (κ2) is 19.1. The van der Waals surface area contributed by atoms with Crippen molar-refractivity contribution in [3.05, 3.63) is 237 Å². The van der Waals surface area contributed by atoms with Gasteiger partial charge in [0.05, 0.1) is 44.4 Å². The molecule has 1 aliphatic rings. The first-order chi connectivity index (χ1) is 36.6. The molecule has 0 heterocycles. The van der Waals surface area contributed by atoms with Crippen LogP contribution in [0.4, 0.5) is 126 Å². The zero-order valence-corrected chi connectivity index (χ0v) is 39.1. The predicted molar refractivity (Wildman–Crippen MR) is 248 cm³/mol. The monoisotopic (exact) mass is 1130 g/mol. The first-order valence-electron chi connectivity index (χ1n) is 22.6. The smallest absolute Gasteiger partial charge is 0.310 e. The van der Waals surface area contributed by atoms with E-state index in [4.69, 9.17) is 0 Å². The highest BCUT2D eigenvalue weighted by molar-refractivity contribution is 5.88. The van der Waals surface area contributed by atoms with Gasteiger partial charge in [0.1, 0.15) is 0 Å². The Balaban J connectivity index is 1.29. The van der Waals surface area contributed by atoms with Crippen LogP contribution in [-0.2, 0) is 48.6 Å². The largest absolute Gasteiger partial charge is 0.416 e. The van der Waals surface area contributed by atoms with Gasteiger partial charge in [-0.3, -0.25) is 0 Å². The van der Waals surface area contributed by atoms with Gasteiger partial charge in [-0.2, -0.15) is 92.2 Å². The first-order valence-corrected chi connectivity index (χ1v) is 22.6. The lowest BCUT2D eigenvalue weighted by molar-refractivity contribution is -0.144. The Morgan fingerprint density at radius 3 is 0.785 bits per heavy atom. The van der Waals surface area contributed by atoms with Gasteiger partial charge in [0.15, 0.2) is 0 Å². The second-order valence-electron chi connectivity index (χ2n) is 17.9. The van der Waals surface area contributed by atoms with Crippen LogP contribution in [0, 0.1) is 0 Å². The summed E-state index contributed by atoms with van der Waals surface area (Å²) in [7, 11) is 0. The SMILES string of the molecule is FC(F)(F)c1cccc(N(c2ccc(C3(c4ccc(N(c5cc(C(F)(F)F)cc(C(F)(F)F)c5)c5cc(C(F)(F)F)cc(C(F)(F)F)c5)cc4)c4ccccc4-c4ccccc43)cc2)c2cc(C(F)(F)F)cc(C(F)(F)F)c2)c1. The van der Waals surface area contributed by atoms with E-state index >= 15 is 0 Å². The molecule has 8 aromatic rings. The maximum Gasteiger partial charge on any atom is 0.416 e. The molecule has 0 bridgehead atoms. The van der Waals surface area contributed by atoms with Crippen LogP contribution < -0.4 is 9.80 Å². The normalized spacial score (nSPS) is 14.0. The molecule has 79 heavy (non-hydrogen) atoms. The number of alkyl halides is 21. The Hall–Kier alpha value is -8.11. The van der Waals surface area contributed by atoms with Gasteiger partial charge in [0.2, 0.25) is 0 Å². The average molecular weight is 1130 g/mol. The van der Waals surface area contributed by atoms with Crippen LogP contribution in [0.25, 0.3) is 11.1 Å². The third kappa shape index (κ3) is 10.7. The molecule has 0 saturated heterocycles. The number of hydrogen-bond donors (Lipinski definition) is 0. The lowest BCUT2D eigenvalue weighted by atomic mass is 9.67. The zero-order valence-electron chi connectivity index (χ0n) is 39.1. The molecule has 0 aliphatic heterocycles. The number of anilines is 6. The van der Waals surface area contributed by atoms with Gasteiger partial charge in [-0.25, -0.2) is 0 Å². The molecule has 9 rings (SSSR count). The number of hydrogen-bond acceptors (Lipinski definition) is 2.